The molecule has 2 bridgehead atoms. The lowest BCUT2D eigenvalue weighted by Gasteiger charge is -2.54. The SMILES string of the molecule is CC1CC2CC(C1)N2C(=O)Nc1ccc(Cl)c([C@H]2C[C@H](O)C2)c1. The van der Waals surface area contributed by atoms with Gasteiger partial charge in [-0.05, 0) is 67.7 Å². The van der Waals surface area contributed by atoms with Gasteiger partial charge in [-0.25, -0.2) is 4.79 Å². The van der Waals surface area contributed by atoms with Gasteiger partial charge in [-0.3, -0.25) is 0 Å². The Morgan fingerprint density at radius 1 is 1.22 bits per heavy atom. The van der Waals surface area contributed by atoms with E-state index in [0.717, 1.165) is 54.3 Å². The molecule has 2 aliphatic heterocycles. The summed E-state index contributed by atoms with van der Waals surface area (Å²) in [5, 5.41) is 13.2. The molecule has 1 aromatic carbocycles. The molecular weight excluding hydrogens is 312 g/mol. The smallest absolute Gasteiger partial charge is 0.322 e. The number of nitrogens with one attached hydrogen (secondary N) is 1. The van der Waals surface area contributed by atoms with Gasteiger partial charge in [0.15, 0.2) is 0 Å². The number of piperidine rings is 1. The highest BCUT2D eigenvalue weighted by molar-refractivity contribution is 6.31. The molecule has 2 N–H and O–H groups in total. The molecule has 2 unspecified atom stereocenters. The number of urea groups is 1. The number of carbonyl (C=O) groups excluding carboxylic acids is 1. The van der Waals surface area contributed by atoms with Crippen LogP contribution in [0.15, 0.2) is 18.2 Å². The van der Waals surface area contributed by atoms with Crippen LogP contribution < -0.4 is 5.32 Å². The summed E-state index contributed by atoms with van der Waals surface area (Å²) < 4.78 is 0. The summed E-state index contributed by atoms with van der Waals surface area (Å²) >= 11 is 6.28. The second-order valence-corrected chi connectivity index (χ2v) is 7.92. The molecule has 23 heavy (non-hydrogen) atoms. The average molecular weight is 335 g/mol. The monoisotopic (exact) mass is 334 g/mol. The van der Waals surface area contributed by atoms with Gasteiger partial charge < -0.3 is 15.3 Å². The highest BCUT2D eigenvalue weighted by Crippen LogP contribution is 2.42. The van der Waals surface area contributed by atoms with Crippen molar-refractivity contribution in [1.29, 1.82) is 0 Å². The Hall–Kier alpha value is -1.26. The van der Waals surface area contributed by atoms with Crippen molar-refractivity contribution in [3.05, 3.63) is 28.8 Å². The highest BCUT2D eigenvalue weighted by Gasteiger charge is 2.46. The summed E-state index contributed by atoms with van der Waals surface area (Å²) in [6.45, 7) is 2.27. The molecule has 1 aromatic rings. The van der Waals surface area contributed by atoms with Crippen LogP contribution in [0.1, 0.15) is 50.5 Å². The van der Waals surface area contributed by atoms with Crippen LogP contribution in [0.25, 0.3) is 0 Å². The third-order valence-electron chi connectivity index (χ3n) is 5.71. The molecule has 2 amide bonds. The van der Waals surface area contributed by atoms with Crippen molar-refractivity contribution >= 4 is 23.3 Å². The molecule has 4 fully saturated rings. The van der Waals surface area contributed by atoms with Gasteiger partial charge in [0.2, 0.25) is 0 Å². The second kappa shape index (κ2) is 5.67. The van der Waals surface area contributed by atoms with Crippen LogP contribution in [0.5, 0.6) is 0 Å². The third-order valence-corrected chi connectivity index (χ3v) is 6.06. The van der Waals surface area contributed by atoms with Crippen LogP contribution in [0.2, 0.25) is 5.02 Å². The molecule has 2 saturated carbocycles. The molecule has 5 rings (SSSR count). The van der Waals surface area contributed by atoms with E-state index in [9.17, 15) is 9.90 Å². The van der Waals surface area contributed by atoms with E-state index < -0.39 is 0 Å². The molecule has 5 heteroatoms. The summed E-state index contributed by atoms with van der Waals surface area (Å²) in [5.74, 6) is 1.04. The number of halogens is 1. The Morgan fingerprint density at radius 2 is 1.91 bits per heavy atom. The molecule has 0 radical (unpaired) electrons. The first-order valence-electron chi connectivity index (χ1n) is 8.58. The van der Waals surface area contributed by atoms with Crippen molar-refractivity contribution in [1.82, 2.24) is 4.90 Å². The topological polar surface area (TPSA) is 52.6 Å². The molecular formula is C18H23ClN2O2. The van der Waals surface area contributed by atoms with Crippen LogP contribution >= 0.6 is 11.6 Å². The number of hydrogen-bond donors (Lipinski definition) is 2. The first kappa shape index (κ1) is 15.3. The fourth-order valence-corrected chi connectivity index (χ4v) is 4.71. The Labute approximate surface area is 141 Å². The number of aliphatic hydroxyl groups is 1. The summed E-state index contributed by atoms with van der Waals surface area (Å²) in [6, 6.07) is 6.51. The number of fused-ring (bicyclic) bond motifs is 2. The Morgan fingerprint density at radius 3 is 2.57 bits per heavy atom. The van der Waals surface area contributed by atoms with Crippen molar-refractivity contribution in [2.24, 2.45) is 5.92 Å². The van der Waals surface area contributed by atoms with Gasteiger partial charge in [0.1, 0.15) is 0 Å². The van der Waals surface area contributed by atoms with Crippen LogP contribution in [0, 0.1) is 5.92 Å². The van der Waals surface area contributed by atoms with E-state index >= 15 is 0 Å². The number of nitrogens with zero attached hydrogens (tertiary/aromatic N) is 1. The molecule has 4 nitrogen and oxygen atoms in total. The molecule has 2 aliphatic carbocycles. The van der Waals surface area contributed by atoms with E-state index in [1.54, 1.807) is 0 Å². The van der Waals surface area contributed by atoms with Gasteiger partial charge in [-0.2, -0.15) is 0 Å². The fraction of sp³-hybridized carbons (Fsp3) is 0.611. The lowest BCUT2D eigenvalue weighted by molar-refractivity contribution is -0.00601. The summed E-state index contributed by atoms with van der Waals surface area (Å²) in [5.41, 5.74) is 1.83. The fourth-order valence-electron chi connectivity index (χ4n) is 4.44. The van der Waals surface area contributed by atoms with Crippen molar-refractivity contribution in [3.8, 4) is 0 Å². The largest absolute Gasteiger partial charge is 0.393 e. The predicted octanol–water partition coefficient (Wildman–Crippen LogP) is 3.98. The minimum atomic E-state index is -0.211. The zero-order chi connectivity index (χ0) is 16.1. The second-order valence-electron chi connectivity index (χ2n) is 7.52. The molecule has 2 saturated heterocycles. The minimum absolute atomic E-state index is 0.0140. The van der Waals surface area contributed by atoms with Gasteiger partial charge >= 0.3 is 6.03 Å². The van der Waals surface area contributed by atoms with E-state index in [1.807, 2.05) is 23.1 Å². The Kier molecular flexibility index (Phi) is 3.77. The van der Waals surface area contributed by atoms with E-state index in [1.165, 1.54) is 0 Å². The quantitative estimate of drug-likeness (QED) is 0.859. The number of carbonyl (C=O) groups is 1. The molecule has 4 aliphatic rings. The van der Waals surface area contributed by atoms with Crippen LogP contribution in [0.3, 0.4) is 0 Å². The van der Waals surface area contributed by atoms with Gasteiger partial charge in [0, 0.05) is 22.8 Å². The lowest BCUT2D eigenvalue weighted by Crippen LogP contribution is -2.63. The minimum Gasteiger partial charge on any atom is -0.393 e. The van der Waals surface area contributed by atoms with Gasteiger partial charge in [-0.1, -0.05) is 18.5 Å². The average Bonchev–Trinajstić information content (AvgIpc) is 2.45. The number of aliphatic hydroxyl groups excluding tert-OH is 1. The van der Waals surface area contributed by atoms with Crippen molar-refractivity contribution in [2.45, 2.75) is 63.1 Å². The van der Waals surface area contributed by atoms with Gasteiger partial charge in [-0.15, -0.1) is 0 Å². The van der Waals surface area contributed by atoms with E-state index in [2.05, 4.69) is 12.2 Å². The predicted molar refractivity (Wildman–Crippen MR) is 90.9 cm³/mol. The molecule has 124 valence electrons. The number of anilines is 1. The third kappa shape index (κ3) is 2.72. The normalized spacial score (nSPS) is 35.3. The summed E-state index contributed by atoms with van der Waals surface area (Å²) in [7, 11) is 0. The zero-order valence-corrected chi connectivity index (χ0v) is 14.1. The zero-order valence-electron chi connectivity index (χ0n) is 13.3. The van der Waals surface area contributed by atoms with Crippen LogP contribution in [0.4, 0.5) is 10.5 Å². The Balaban J connectivity index is 1.45. The van der Waals surface area contributed by atoms with Crippen LogP contribution in [-0.4, -0.2) is 34.2 Å². The summed E-state index contributed by atoms with van der Waals surface area (Å²) in [6.07, 6.45) is 4.70. The Bertz CT molecular complexity index is 617. The van der Waals surface area contributed by atoms with Crippen molar-refractivity contribution < 1.29 is 9.90 Å². The first-order valence-corrected chi connectivity index (χ1v) is 8.96. The van der Waals surface area contributed by atoms with Gasteiger partial charge in [0.25, 0.3) is 0 Å². The van der Waals surface area contributed by atoms with Crippen molar-refractivity contribution in [3.63, 3.8) is 0 Å². The number of rotatable bonds is 2. The number of benzene rings is 1. The summed E-state index contributed by atoms with van der Waals surface area (Å²) in [4.78, 5) is 14.6. The molecule has 2 atom stereocenters. The number of hydrogen-bond acceptors (Lipinski definition) is 2. The van der Waals surface area contributed by atoms with E-state index in [-0.39, 0.29) is 12.1 Å². The van der Waals surface area contributed by atoms with Crippen molar-refractivity contribution in [2.75, 3.05) is 5.32 Å². The maximum Gasteiger partial charge on any atom is 0.322 e. The van der Waals surface area contributed by atoms with E-state index in [0.29, 0.717) is 18.0 Å². The number of amides is 2. The van der Waals surface area contributed by atoms with E-state index in [4.69, 9.17) is 11.6 Å². The highest BCUT2D eigenvalue weighted by atomic mass is 35.5. The standard InChI is InChI=1S/C18H23ClN2O2/c1-10-4-13-9-14(5-10)21(13)18(23)20-12-2-3-17(19)16(8-12)11-6-15(22)7-11/h2-3,8,10-11,13-15,22H,4-7,9H2,1H3,(H,20,23)/t10?,11-,13?,14?,15-. The first-order chi connectivity index (χ1) is 11.0. The van der Waals surface area contributed by atoms with Crippen LogP contribution in [-0.2, 0) is 0 Å². The maximum atomic E-state index is 12.6. The maximum absolute atomic E-state index is 12.6. The molecule has 0 aromatic heterocycles. The van der Waals surface area contributed by atoms with Gasteiger partial charge in [0.05, 0.1) is 6.10 Å². The molecule has 2 heterocycles. The molecule has 0 spiro atoms. The lowest BCUT2D eigenvalue weighted by atomic mass is 9.74.